The lowest BCUT2D eigenvalue weighted by Gasteiger charge is -2.30. The van der Waals surface area contributed by atoms with Crippen LogP contribution in [0.4, 0.5) is 0 Å². The van der Waals surface area contributed by atoms with Crippen LogP contribution in [-0.2, 0) is 23.9 Å². The number of hydrogen-bond donors (Lipinski definition) is 3. The van der Waals surface area contributed by atoms with Gasteiger partial charge in [0.1, 0.15) is 17.9 Å². The van der Waals surface area contributed by atoms with E-state index < -0.39 is 42.1 Å². The minimum absolute atomic E-state index is 0.0118. The van der Waals surface area contributed by atoms with Gasteiger partial charge in [0.05, 0.1) is 18.6 Å². The number of aliphatic hydroxyl groups is 1. The first-order valence-electron chi connectivity index (χ1n) is 11.1. The third-order valence-electron chi connectivity index (χ3n) is 5.72. The normalized spacial score (nSPS) is 33.6. The lowest BCUT2D eigenvalue weighted by atomic mass is 9.92. The van der Waals surface area contributed by atoms with E-state index in [-0.39, 0.29) is 36.9 Å². The molecule has 1 saturated heterocycles. The summed E-state index contributed by atoms with van der Waals surface area (Å²) < 4.78 is 5.50. The minimum Gasteiger partial charge on any atom is -0.458 e. The number of fused-ring (bicyclic) bond motifs is 7. The molecule has 8 nitrogen and oxygen atoms in total. The minimum atomic E-state index is -1.16. The molecule has 0 aromatic rings. The molecule has 0 aromatic carbocycles. The topological polar surface area (TPSA) is 122 Å². The Labute approximate surface area is 197 Å². The second-order valence-corrected chi connectivity index (χ2v) is 11.1. The molecule has 3 N–H and O–H groups in total. The molecular formula is C22H34N2O6S2. The van der Waals surface area contributed by atoms with E-state index in [1.807, 2.05) is 19.9 Å². The molecule has 10 heteroatoms. The van der Waals surface area contributed by atoms with E-state index >= 15 is 0 Å². The zero-order valence-corrected chi connectivity index (χ0v) is 20.5. The van der Waals surface area contributed by atoms with Gasteiger partial charge in [0.15, 0.2) is 0 Å². The summed E-state index contributed by atoms with van der Waals surface area (Å²) in [5.74, 6) is -1.24. The number of ketones is 1. The first-order valence-corrected chi connectivity index (χ1v) is 13.6. The van der Waals surface area contributed by atoms with Gasteiger partial charge >= 0.3 is 5.97 Å². The zero-order valence-electron chi connectivity index (χ0n) is 18.9. The van der Waals surface area contributed by atoms with Crippen LogP contribution in [0.25, 0.3) is 0 Å². The van der Waals surface area contributed by atoms with Crippen LogP contribution in [0.2, 0.25) is 0 Å². The molecule has 6 atom stereocenters. The molecule has 2 heterocycles. The van der Waals surface area contributed by atoms with Gasteiger partial charge in [0.25, 0.3) is 0 Å². The number of carbonyl (C=O) groups excluding carboxylic acids is 4. The summed E-state index contributed by atoms with van der Waals surface area (Å²) in [6, 6.07) is -1.50. The first kappa shape index (κ1) is 26.7. The van der Waals surface area contributed by atoms with E-state index in [1.54, 1.807) is 23.8 Å². The molecule has 2 aliphatic rings. The molecule has 0 spiro atoms. The van der Waals surface area contributed by atoms with Crippen molar-refractivity contribution in [1.29, 1.82) is 0 Å². The third kappa shape index (κ3) is 8.44. The quantitative estimate of drug-likeness (QED) is 0.308. The Hall–Kier alpha value is -1.52. The van der Waals surface area contributed by atoms with Crippen molar-refractivity contribution in [2.24, 2.45) is 11.8 Å². The van der Waals surface area contributed by atoms with Gasteiger partial charge < -0.3 is 20.5 Å². The summed E-state index contributed by atoms with van der Waals surface area (Å²) >= 11 is 0. The largest absolute Gasteiger partial charge is 0.458 e. The van der Waals surface area contributed by atoms with Gasteiger partial charge in [-0.15, -0.1) is 0 Å². The number of ether oxygens (including phenoxy) is 1. The standard InChI is InChI=1S/C22H34N2O6S2/c1-4-13(2)20-18(26)11-19(27)30-16-7-5-6-8-31-32-12-17(22(29)24-20)23-21(28)14(3)9-15(25)10-16/h5,7,13-14,16-18,20,26H,4,6,8-12H2,1-3H3,(H,23,28)(H,24,29)/b7-5+/t13-,14+,16-,17-,18+,20?/m1/s1. The van der Waals surface area contributed by atoms with Crippen LogP contribution >= 0.6 is 21.6 Å². The lowest BCUT2D eigenvalue weighted by Crippen LogP contribution is -2.56. The summed E-state index contributed by atoms with van der Waals surface area (Å²) in [5, 5.41) is 16.4. The maximum absolute atomic E-state index is 13.1. The van der Waals surface area contributed by atoms with Gasteiger partial charge in [0.2, 0.25) is 11.8 Å². The van der Waals surface area contributed by atoms with Gasteiger partial charge in [-0.3, -0.25) is 19.2 Å². The van der Waals surface area contributed by atoms with Crippen LogP contribution in [0.15, 0.2) is 12.2 Å². The molecule has 0 aliphatic carbocycles. The predicted molar refractivity (Wildman–Crippen MR) is 126 cm³/mol. The fourth-order valence-electron chi connectivity index (χ4n) is 3.58. The van der Waals surface area contributed by atoms with Crippen LogP contribution in [-0.4, -0.2) is 64.5 Å². The Kier molecular flexibility index (Phi) is 11.1. The Balaban J connectivity index is 2.43. The second-order valence-electron chi connectivity index (χ2n) is 8.45. The highest BCUT2D eigenvalue weighted by molar-refractivity contribution is 8.76. The van der Waals surface area contributed by atoms with Crippen molar-refractivity contribution in [1.82, 2.24) is 10.6 Å². The highest BCUT2D eigenvalue weighted by Gasteiger charge is 2.33. The maximum atomic E-state index is 13.1. The molecule has 2 amide bonds. The van der Waals surface area contributed by atoms with Crippen molar-refractivity contribution in [3.8, 4) is 0 Å². The van der Waals surface area contributed by atoms with Gasteiger partial charge in [-0.1, -0.05) is 54.9 Å². The number of carbonyl (C=O) groups is 4. The number of aliphatic hydroxyl groups excluding tert-OH is 1. The van der Waals surface area contributed by atoms with E-state index in [0.717, 1.165) is 5.75 Å². The number of amides is 2. The van der Waals surface area contributed by atoms with Crippen molar-refractivity contribution in [2.45, 2.75) is 77.2 Å². The smallest absolute Gasteiger partial charge is 0.309 e. The highest BCUT2D eigenvalue weighted by atomic mass is 33.1. The van der Waals surface area contributed by atoms with Gasteiger partial charge in [-0.05, 0) is 18.4 Å². The first-order chi connectivity index (χ1) is 15.2. The molecule has 2 bridgehead atoms. The molecule has 32 heavy (non-hydrogen) atoms. The molecule has 2 aliphatic heterocycles. The Bertz CT molecular complexity index is 717. The highest BCUT2D eigenvalue weighted by Crippen LogP contribution is 2.24. The molecule has 1 unspecified atom stereocenters. The predicted octanol–water partition coefficient (Wildman–Crippen LogP) is 2.01. The van der Waals surface area contributed by atoms with E-state index in [1.165, 1.54) is 10.8 Å². The summed E-state index contributed by atoms with van der Waals surface area (Å²) in [5.41, 5.74) is 0. The van der Waals surface area contributed by atoms with Gasteiger partial charge in [-0.25, -0.2) is 0 Å². The summed E-state index contributed by atoms with van der Waals surface area (Å²) in [6.45, 7) is 5.46. The summed E-state index contributed by atoms with van der Waals surface area (Å²) in [7, 11) is 3.07. The number of nitrogens with one attached hydrogen (secondary N) is 2. The number of allylic oxidation sites excluding steroid dienone is 1. The van der Waals surface area contributed by atoms with Gasteiger partial charge in [-0.2, -0.15) is 0 Å². The number of esters is 1. The Morgan fingerprint density at radius 3 is 2.59 bits per heavy atom. The lowest BCUT2D eigenvalue weighted by molar-refractivity contribution is -0.151. The molecular weight excluding hydrogens is 452 g/mol. The van der Waals surface area contributed by atoms with Gasteiger partial charge in [0, 0.05) is 30.3 Å². The van der Waals surface area contributed by atoms with Crippen molar-refractivity contribution >= 4 is 45.2 Å². The molecule has 0 radical (unpaired) electrons. The van der Waals surface area contributed by atoms with Crippen molar-refractivity contribution in [3.05, 3.63) is 12.2 Å². The van der Waals surface area contributed by atoms with Crippen LogP contribution in [0.1, 0.15) is 52.9 Å². The van der Waals surface area contributed by atoms with Crippen LogP contribution in [0.3, 0.4) is 0 Å². The van der Waals surface area contributed by atoms with Crippen molar-refractivity contribution in [3.63, 3.8) is 0 Å². The van der Waals surface area contributed by atoms with E-state index in [0.29, 0.717) is 18.6 Å². The van der Waals surface area contributed by atoms with E-state index in [9.17, 15) is 24.3 Å². The number of rotatable bonds is 2. The van der Waals surface area contributed by atoms with Crippen LogP contribution in [0, 0.1) is 11.8 Å². The molecule has 1 fully saturated rings. The van der Waals surface area contributed by atoms with Crippen LogP contribution in [0.5, 0.6) is 0 Å². The fraction of sp³-hybridized carbons (Fsp3) is 0.727. The van der Waals surface area contributed by atoms with E-state index in [2.05, 4.69) is 10.6 Å². The van der Waals surface area contributed by atoms with Crippen molar-refractivity contribution in [2.75, 3.05) is 11.5 Å². The fourth-order valence-corrected chi connectivity index (χ4v) is 5.73. The van der Waals surface area contributed by atoms with Crippen molar-refractivity contribution < 1.29 is 29.0 Å². The second kappa shape index (κ2) is 13.3. The Morgan fingerprint density at radius 2 is 1.88 bits per heavy atom. The monoisotopic (exact) mass is 486 g/mol. The molecule has 180 valence electrons. The average molecular weight is 487 g/mol. The zero-order chi connectivity index (χ0) is 23.7. The average Bonchev–Trinajstić information content (AvgIpc) is 2.73. The third-order valence-corrected chi connectivity index (χ3v) is 8.17. The molecule has 0 aromatic heterocycles. The van der Waals surface area contributed by atoms with E-state index in [4.69, 9.17) is 4.74 Å². The maximum Gasteiger partial charge on any atom is 0.309 e. The molecule has 2 rings (SSSR count). The summed E-state index contributed by atoms with van der Waals surface area (Å²) in [4.78, 5) is 50.9. The number of Topliss-reactive ketones (excluding diaryl/α,β-unsaturated/α-hetero) is 1. The number of hydrogen-bond acceptors (Lipinski definition) is 8. The Morgan fingerprint density at radius 1 is 1.12 bits per heavy atom. The summed E-state index contributed by atoms with van der Waals surface area (Å²) in [6.07, 6.45) is 2.71. The SMILES string of the molecule is CC[C@@H](C)C1NC(=O)[C@H]2CSSCC/C=C/[C@H](CC(=O)C[C@H](C)C(=O)N2)OC(=O)C[C@@H]1O. The van der Waals surface area contributed by atoms with Crippen LogP contribution < -0.4 is 10.6 Å². The molecule has 0 saturated carbocycles.